The standard InChI is InChI=1S/C14H20ClNO2/c1-3-6-18-14-10(9-16-12-4-5-12)7-11(15)8-13(14)17-2/h7-8,12,16H,3-6,9H2,1-2H3. The van der Waals surface area contributed by atoms with Gasteiger partial charge >= 0.3 is 0 Å². The van der Waals surface area contributed by atoms with Crippen LogP contribution >= 0.6 is 11.6 Å². The molecule has 4 heteroatoms. The predicted octanol–water partition coefficient (Wildman–Crippen LogP) is 3.39. The summed E-state index contributed by atoms with van der Waals surface area (Å²) in [6, 6.07) is 4.41. The molecule has 1 aromatic carbocycles. The molecular weight excluding hydrogens is 250 g/mol. The van der Waals surface area contributed by atoms with Gasteiger partial charge in [-0.05, 0) is 25.3 Å². The van der Waals surface area contributed by atoms with Crippen molar-refractivity contribution in [1.82, 2.24) is 5.32 Å². The van der Waals surface area contributed by atoms with E-state index < -0.39 is 0 Å². The van der Waals surface area contributed by atoms with E-state index in [4.69, 9.17) is 21.1 Å². The van der Waals surface area contributed by atoms with E-state index >= 15 is 0 Å². The third kappa shape index (κ3) is 3.53. The van der Waals surface area contributed by atoms with Gasteiger partial charge in [0.2, 0.25) is 0 Å². The van der Waals surface area contributed by atoms with Gasteiger partial charge in [-0.25, -0.2) is 0 Å². The lowest BCUT2D eigenvalue weighted by molar-refractivity contribution is 0.290. The molecule has 0 amide bonds. The Labute approximate surface area is 113 Å². The SMILES string of the molecule is CCCOc1c(CNC2CC2)cc(Cl)cc1OC. The maximum Gasteiger partial charge on any atom is 0.165 e. The maximum atomic E-state index is 6.10. The topological polar surface area (TPSA) is 30.5 Å². The first-order valence-electron chi connectivity index (χ1n) is 6.47. The van der Waals surface area contributed by atoms with E-state index in [-0.39, 0.29) is 0 Å². The van der Waals surface area contributed by atoms with Crippen molar-refractivity contribution in [2.45, 2.75) is 38.8 Å². The number of hydrogen-bond donors (Lipinski definition) is 1. The zero-order valence-electron chi connectivity index (χ0n) is 11.0. The minimum atomic E-state index is 0.661. The van der Waals surface area contributed by atoms with Crippen LogP contribution < -0.4 is 14.8 Å². The molecule has 1 N–H and O–H groups in total. The van der Waals surface area contributed by atoms with Gasteiger partial charge in [-0.2, -0.15) is 0 Å². The second-order valence-corrected chi connectivity index (χ2v) is 5.04. The van der Waals surface area contributed by atoms with Crippen molar-refractivity contribution in [3.8, 4) is 11.5 Å². The van der Waals surface area contributed by atoms with Gasteiger partial charge in [0.25, 0.3) is 0 Å². The summed E-state index contributed by atoms with van der Waals surface area (Å²) in [5.41, 5.74) is 1.07. The maximum absolute atomic E-state index is 6.10. The fourth-order valence-corrected chi connectivity index (χ4v) is 2.05. The van der Waals surface area contributed by atoms with Gasteiger partial charge in [-0.3, -0.25) is 0 Å². The molecule has 0 aromatic heterocycles. The lowest BCUT2D eigenvalue weighted by Gasteiger charge is -2.15. The Bertz CT molecular complexity index is 405. The zero-order chi connectivity index (χ0) is 13.0. The van der Waals surface area contributed by atoms with E-state index in [1.807, 2.05) is 6.07 Å². The molecule has 3 nitrogen and oxygen atoms in total. The van der Waals surface area contributed by atoms with E-state index in [9.17, 15) is 0 Å². The Morgan fingerprint density at radius 3 is 2.78 bits per heavy atom. The van der Waals surface area contributed by atoms with Gasteiger partial charge in [0.15, 0.2) is 11.5 Å². The lowest BCUT2D eigenvalue weighted by Crippen LogP contribution is -2.16. The quantitative estimate of drug-likeness (QED) is 0.823. The van der Waals surface area contributed by atoms with Crippen LogP contribution in [0.4, 0.5) is 0 Å². The first kappa shape index (κ1) is 13.5. The molecule has 1 saturated carbocycles. The number of benzene rings is 1. The summed E-state index contributed by atoms with van der Waals surface area (Å²) in [6.07, 6.45) is 3.51. The zero-order valence-corrected chi connectivity index (χ0v) is 11.7. The molecule has 1 aliphatic rings. The van der Waals surface area contributed by atoms with Crippen LogP contribution in [0.25, 0.3) is 0 Å². The fraction of sp³-hybridized carbons (Fsp3) is 0.571. The van der Waals surface area contributed by atoms with Crippen LogP contribution in [0.2, 0.25) is 5.02 Å². The molecule has 0 saturated heterocycles. The molecule has 0 atom stereocenters. The van der Waals surface area contributed by atoms with Crippen molar-refractivity contribution in [1.29, 1.82) is 0 Å². The predicted molar refractivity (Wildman–Crippen MR) is 73.7 cm³/mol. The van der Waals surface area contributed by atoms with Crippen molar-refractivity contribution in [2.24, 2.45) is 0 Å². The third-order valence-electron chi connectivity index (χ3n) is 2.93. The largest absolute Gasteiger partial charge is 0.493 e. The van der Waals surface area contributed by atoms with Gasteiger partial charge in [-0.15, -0.1) is 0 Å². The third-order valence-corrected chi connectivity index (χ3v) is 3.14. The fourth-order valence-electron chi connectivity index (χ4n) is 1.82. The molecule has 100 valence electrons. The first-order valence-corrected chi connectivity index (χ1v) is 6.85. The van der Waals surface area contributed by atoms with E-state index in [1.165, 1.54) is 12.8 Å². The molecule has 1 aliphatic carbocycles. The van der Waals surface area contributed by atoms with Crippen LogP contribution in [0, 0.1) is 0 Å². The Kier molecular flexibility index (Phi) is 4.72. The highest BCUT2D eigenvalue weighted by Crippen LogP contribution is 2.35. The van der Waals surface area contributed by atoms with Gasteiger partial charge in [-0.1, -0.05) is 18.5 Å². The Balaban J connectivity index is 2.17. The van der Waals surface area contributed by atoms with Crippen molar-refractivity contribution >= 4 is 11.6 Å². The average Bonchev–Trinajstić information content (AvgIpc) is 3.18. The summed E-state index contributed by atoms with van der Waals surface area (Å²) in [5.74, 6) is 1.53. The van der Waals surface area contributed by atoms with Crippen LogP contribution in [-0.4, -0.2) is 19.8 Å². The van der Waals surface area contributed by atoms with E-state index in [2.05, 4.69) is 12.2 Å². The highest BCUT2D eigenvalue weighted by atomic mass is 35.5. The molecule has 0 aliphatic heterocycles. The summed E-state index contributed by atoms with van der Waals surface area (Å²) < 4.78 is 11.1. The van der Waals surface area contributed by atoms with Crippen LogP contribution in [0.1, 0.15) is 31.7 Å². The minimum absolute atomic E-state index is 0.661. The highest BCUT2D eigenvalue weighted by molar-refractivity contribution is 6.30. The Hall–Kier alpha value is -0.930. The number of ether oxygens (including phenoxy) is 2. The van der Waals surface area contributed by atoms with Crippen molar-refractivity contribution in [2.75, 3.05) is 13.7 Å². The van der Waals surface area contributed by atoms with Gasteiger partial charge < -0.3 is 14.8 Å². The molecule has 0 heterocycles. The summed E-state index contributed by atoms with van der Waals surface area (Å²) in [5, 5.41) is 4.16. The van der Waals surface area contributed by atoms with Gasteiger partial charge in [0, 0.05) is 29.2 Å². The van der Waals surface area contributed by atoms with Crippen molar-refractivity contribution < 1.29 is 9.47 Å². The van der Waals surface area contributed by atoms with E-state index in [0.29, 0.717) is 23.4 Å². The van der Waals surface area contributed by atoms with Crippen molar-refractivity contribution in [3.05, 3.63) is 22.7 Å². The normalized spacial score (nSPS) is 14.6. The number of rotatable bonds is 7. The lowest BCUT2D eigenvalue weighted by atomic mass is 10.1. The molecule has 0 bridgehead atoms. The first-order chi connectivity index (χ1) is 8.74. The Morgan fingerprint density at radius 1 is 1.39 bits per heavy atom. The van der Waals surface area contributed by atoms with E-state index in [1.54, 1.807) is 13.2 Å². The highest BCUT2D eigenvalue weighted by Gasteiger charge is 2.21. The molecule has 0 spiro atoms. The summed E-state index contributed by atoms with van der Waals surface area (Å²) >= 11 is 6.10. The number of halogens is 1. The van der Waals surface area contributed by atoms with Crippen LogP contribution in [0.5, 0.6) is 11.5 Å². The number of methoxy groups -OCH3 is 1. The van der Waals surface area contributed by atoms with Crippen LogP contribution in [-0.2, 0) is 6.54 Å². The Morgan fingerprint density at radius 2 is 2.17 bits per heavy atom. The smallest absolute Gasteiger partial charge is 0.165 e. The number of nitrogens with one attached hydrogen (secondary N) is 1. The minimum Gasteiger partial charge on any atom is -0.493 e. The monoisotopic (exact) mass is 269 g/mol. The molecule has 1 aromatic rings. The summed E-state index contributed by atoms with van der Waals surface area (Å²) in [6.45, 7) is 3.56. The molecule has 1 fully saturated rings. The van der Waals surface area contributed by atoms with Gasteiger partial charge in [0.05, 0.1) is 13.7 Å². The number of hydrogen-bond acceptors (Lipinski definition) is 3. The molecule has 2 rings (SSSR count). The van der Waals surface area contributed by atoms with Crippen LogP contribution in [0.3, 0.4) is 0 Å². The average molecular weight is 270 g/mol. The molecular formula is C14H20ClNO2. The van der Waals surface area contributed by atoms with Crippen molar-refractivity contribution in [3.63, 3.8) is 0 Å². The summed E-state index contributed by atoms with van der Waals surface area (Å²) in [7, 11) is 1.64. The van der Waals surface area contributed by atoms with Crippen LogP contribution in [0.15, 0.2) is 12.1 Å². The second kappa shape index (κ2) is 6.30. The van der Waals surface area contributed by atoms with E-state index in [0.717, 1.165) is 24.3 Å². The second-order valence-electron chi connectivity index (χ2n) is 4.60. The molecule has 0 radical (unpaired) electrons. The molecule has 0 unspecified atom stereocenters. The molecule has 18 heavy (non-hydrogen) atoms. The van der Waals surface area contributed by atoms with Gasteiger partial charge in [0.1, 0.15) is 0 Å². The summed E-state index contributed by atoms with van der Waals surface area (Å²) in [4.78, 5) is 0.